The van der Waals surface area contributed by atoms with E-state index in [1.165, 1.54) is 0 Å². The summed E-state index contributed by atoms with van der Waals surface area (Å²) in [6.45, 7) is 9.66. The Bertz CT molecular complexity index is 486. The summed E-state index contributed by atoms with van der Waals surface area (Å²) >= 11 is 0. The third-order valence-corrected chi connectivity index (χ3v) is 3.87. The lowest BCUT2D eigenvalue weighted by Crippen LogP contribution is -2.53. The molecule has 2 amide bonds. The Hall–Kier alpha value is -1.56. The van der Waals surface area contributed by atoms with E-state index >= 15 is 0 Å². The van der Waals surface area contributed by atoms with Crippen LogP contribution >= 0.6 is 0 Å². The molecule has 1 aromatic rings. The Kier molecular flexibility index (Phi) is 4.32. The molecule has 0 unspecified atom stereocenters. The first-order chi connectivity index (χ1) is 9.49. The Morgan fingerprint density at radius 3 is 2.90 bits per heavy atom. The van der Waals surface area contributed by atoms with Gasteiger partial charge in [0.25, 0.3) is 0 Å². The number of nitrogens with zero attached hydrogens (tertiary/aromatic N) is 2. The summed E-state index contributed by atoms with van der Waals surface area (Å²) in [7, 11) is 0. The van der Waals surface area contributed by atoms with E-state index in [2.05, 4.69) is 17.4 Å². The molecule has 20 heavy (non-hydrogen) atoms. The van der Waals surface area contributed by atoms with Crippen molar-refractivity contribution in [1.82, 2.24) is 10.1 Å². The van der Waals surface area contributed by atoms with Crippen LogP contribution in [0.2, 0.25) is 0 Å². The van der Waals surface area contributed by atoms with E-state index in [1.807, 2.05) is 13.8 Å². The Labute approximate surface area is 119 Å². The average molecular weight is 281 g/mol. The Morgan fingerprint density at radius 1 is 1.50 bits per heavy atom. The fraction of sp³-hybridized carbons (Fsp3) is 0.714. The van der Waals surface area contributed by atoms with Crippen molar-refractivity contribution in [3.05, 3.63) is 11.5 Å². The first kappa shape index (κ1) is 14.8. The van der Waals surface area contributed by atoms with Crippen molar-refractivity contribution in [2.24, 2.45) is 0 Å². The number of ether oxygens (including phenoxy) is 1. The van der Waals surface area contributed by atoms with E-state index in [0.29, 0.717) is 31.1 Å². The predicted octanol–water partition coefficient (Wildman–Crippen LogP) is 2.58. The maximum Gasteiger partial charge on any atom is 0.322 e. The summed E-state index contributed by atoms with van der Waals surface area (Å²) in [5.41, 5.74) is 1.22. The topological polar surface area (TPSA) is 67.6 Å². The minimum atomic E-state index is -0.257. The highest BCUT2D eigenvalue weighted by atomic mass is 16.5. The third kappa shape index (κ3) is 2.95. The highest BCUT2D eigenvalue weighted by molar-refractivity contribution is 5.90. The zero-order chi connectivity index (χ0) is 14.8. The number of carbonyl (C=O) groups is 1. The number of rotatable bonds is 3. The van der Waals surface area contributed by atoms with Crippen molar-refractivity contribution in [3.8, 4) is 0 Å². The minimum Gasteiger partial charge on any atom is -0.372 e. The monoisotopic (exact) mass is 281 g/mol. The number of nitrogens with one attached hydrogen (secondary N) is 1. The van der Waals surface area contributed by atoms with Crippen LogP contribution in [0.3, 0.4) is 0 Å². The molecule has 1 aliphatic heterocycles. The molecule has 1 aromatic heterocycles. The molecule has 1 fully saturated rings. The lowest BCUT2D eigenvalue weighted by molar-refractivity contribution is -0.0860. The van der Waals surface area contributed by atoms with Crippen LogP contribution in [0.25, 0.3) is 0 Å². The van der Waals surface area contributed by atoms with Crippen LogP contribution in [0.1, 0.15) is 38.6 Å². The number of morpholine rings is 1. The molecule has 112 valence electrons. The summed E-state index contributed by atoms with van der Waals surface area (Å²) in [6.07, 6.45) is 1.60. The van der Waals surface area contributed by atoms with Gasteiger partial charge in [-0.1, -0.05) is 19.0 Å². The molecule has 1 N–H and O–H groups in total. The highest BCUT2D eigenvalue weighted by Gasteiger charge is 2.33. The molecule has 1 aliphatic rings. The summed E-state index contributed by atoms with van der Waals surface area (Å²) in [5.74, 6) is 0.640. The summed E-state index contributed by atoms with van der Waals surface area (Å²) < 4.78 is 10.9. The maximum atomic E-state index is 12.4. The van der Waals surface area contributed by atoms with Crippen LogP contribution in [0, 0.1) is 6.92 Å². The number of carbonyl (C=O) groups excluding carboxylic acids is 1. The summed E-state index contributed by atoms with van der Waals surface area (Å²) in [6, 6.07) is -0.117. The summed E-state index contributed by atoms with van der Waals surface area (Å²) in [5, 5.41) is 6.86. The Morgan fingerprint density at radius 2 is 2.25 bits per heavy atom. The van der Waals surface area contributed by atoms with Crippen LogP contribution in [0.15, 0.2) is 4.52 Å². The second-order valence-corrected chi connectivity index (χ2v) is 5.42. The molecular formula is C14H23N3O3. The first-order valence-corrected chi connectivity index (χ1v) is 7.14. The second kappa shape index (κ2) is 5.83. The van der Waals surface area contributed by atoms with Crippen molar-refractivity contribution in [2.75, 3.05) is 25.0 Å². The fourth-order valence-corrected chi connectivity index (χ4v) is 2.32. The third-order valence-electron chi connectivity index (χ3n) is 3.87. The standard InChI is InChI=1S/C14H23N3O3/c1-5-11-12(10(3)20-16-11)15-13(18)17-7-8-19-14(4,6-2)9-17/h5-9H2,1-4H3,(H,15,18)/t14-/m1/s1. The molecule has 0 aliphatic carbocycles. The smallest absolute Gasteiger partial charge is 0.322 e. The van der Waals surface area contributed by atoms with Crippen molar-refractivity contribution in [2.45, 2.75) is 46.1 Å². The average Bonchev–Trinajstić information content (AvgIpc) is 2.79. The van der Waals surface area contributed by atoms with Gasteiger partial charge >= 0.3 is 6.03 Å². The molecule has 6 heteroatoms. The highest BCUT2D eigenvalue weighted by Crippen LogP contribution is 2.24. The minimum absolute atomic E-state index is 0.117. The van der Waals surface area contributed by atoms with Crippen LogP contribution < -0.4 is 5.32 Å². The van der Waals surface area contributed by atoms with E-state index in [0.717, 1.165) is 18.5 Å². The molecule has 1 saturated heterocycles. The molecule has 0 spiro atoms. The number of urea groups is 1. The Balaban J connectivity index is 2.06. The van der Waals surface area contributed by atoms with Gasteiger partial charge in [0, 0.05) is 6.54 Å². The number of hydrogen-bond acceptors (Lipinski definition) is 4. The molecule has 0 aromatic carbocycles. The van der Waals surface area contributed by atoms with Gasteiger partial charge in [-0.3, -0.25) is 0 Å². The van der Waals surface area contributed by atoms with E-state index in [1.54, 1.807) is 11.8 Å². The van der Waals surface area contributed by atoms with E-state index in [-0.39, 0.29) is 11.6 Å². The SMILES string of the molecule is CCc1noc(C)c1NC(=O)N1CCO[C@](C)(CC)C1. The van der Waals surface area contributed by atoms with Crippen LogP contribution in [-0.4, -0.2) is 41.4 Å². The van der Waals surface area contributed by atoms with Crippen molar-refractivity contribution in [3.63, 3.8) is 0 Å². The zero-order valence-electron chi connectivity index (χ0n) is 12.7. The van der Waals surface area contributed by atoms with Gasteiger partial charge in [0.15, 0.2) is 5.76 Å². The van der Waals surface area contributed by atoms with Gasteiger partial charge in [-0.15, -0.1) is 0 Å². The van der Waals surface area contributed by atoms with Crippen molar-refractivity contribution in [1.29, 1.82) is 0 Å². The largest absolute Gasteiger partial charge is 0.372 e. The number of aromatic nitrogens is 1. The van der Waals surface area contributed by atoms with Crippen LogP contribution in [0.4, 0.5) is 10.5 Å². The molecule has 2 heterocycles. The molecule has 0 saturated carbocycles. The predicted molar refractivity (Wildman–Crippen MR) is 75.9 cm³/mol. The lowest BCUT2D eigenvalue weighted by Gasteiger charge is -2.39. The maximum absolute atomic E-state index is 12.4. The second-order valence-electron chi connectivity index (χ2n) is 5.42. The molecule has 1 atom stereocenters. The first-order valence-electron chi connectivity index (χ1n) is 7.14. The van der Waals surface area contributed by atoms with Gasteiger partial charge in [0.2, 0.25) is 0 Å². The van der Waals surface area contributed by atoms with Crippen LogP contribution in [0.5, 0.6) is 0 Å². The molecule has 6 nitrogen and oxygen atoms in total. The molecule has 0 bridgehead atoms. The van der Waals surface area contributed by atoms with Gasteiger partial charge in [0.05, 0.1) is 18.8 Å². The molecule has 0 radical (unpaired) electrons. The fourth-order valence-electron chi connectivity index (χ4n) is 2.32. The van der Waals surface area contributed by atoms with Gasteiger partial charge in [0.1, 0.15) is 11.4 Å². The lowest BCUT2D eigenvalue weighted by atomic mass is 10.0. The van der Waals surface area contributed by atoms with Gasteiger partial charge < -0.3 is 19.5 Å². The number of amides is 2. The number of anilines is 1. The molecular weight excluding hydrogens is 258 g/mol. The van der Waals surface area contributed by atoms with Crippen LogP contribution in [-0.2, 0) is 11.2 Å². The quantitative estimate of drug-likeness (QED) is 0.924. The van der Waals surface area contributed by atoms with Gasteiger partial charge in [-0.25, -0.2) is 4.79 Å². The van der Waals surface area contributed by atoms with E-state index in [4.69, 9.17) is 9.26 Å². The van der Waals surface area contributed by atoms with Crippen molar-refractivity contribution < 1.29 is 14.1 Å². The van der Waals surface area contributed by atoms with E-state index in [9.17, 15) is 4.79 Å². The number of aryl methyl sites for hydroxylation is 2. The zero-order valence-corrected chi connectivity index (χ0v) is 12.7. The van der Waals surface area contributed by atoms with Gasteiger partial charge in [-0.2, -0.15) is 0 Å². The van der Waals surface area contributed by atoms with Gasteiger partial charge in [-0.05, 0) is 26.7 Å². The summed E-state index contributed by atoms with van der Waals surface area (Å²) in [4.78, 5) is 14.2. The van der Waals surface area contributed by atoms with E-state index < -0.39 is 0 Å². The number of hydrogen-bond donors (Lipinski definition) is 1. The normalized spacial score (nSPS) is 22.9. The van der Waals surface area contributed by atoms with Crippen molar-refractivity contribution >= 4 is 11.7 Å². The molecule has 2 rings (SSSR count).